The fourth-order valence-corrected chi connectivity index (χ4v) is 5.40. The van der Waals surface area contributed by atoms with E-state index in [1.54, 1.807) is 6.92 Å². The predicted molar refractivity (Wildman–Crippen MR) is 164 cm³/mol. The van der Waals surface area contributed by atoms with Crippen LogP contribution in [0, 0.1) is 17.8 Å². The average Bonchev–Trinajstić information content (AvgIpc) is 2.85. The first-order valence-electron chi connectivity index (χ1n) is 15.8. The second kappa shape index (κ2) is 19.0. The van der Waals surface area contributed by atoms with Crippen LogP contribution in [0.1, 0.15) is 145 Å². The topological polar surface area (TPSA) is 46.5 Å². The van der Waals surface area contributed by atoms with Gasteiger partial charge < -0.3 is 9.84 Å². The van der Waals surface area contributed by atoms with Crippen molar-refractivity contribution in [3.8, 4) is 0 Å². The molecule has 3 heteroatoms. The molecule has 0 bridgehead atoms. The van der Waals surface area contributed by atoms with E-state index in [9.17, 15) is 9.90 Å². The molecule has 5 unspecified atom stereocenters. The summed E-state index contributed by atoms with van der Waals surface area (Å²) in [4.78, 5) is 11.4. The second-order valence-corrected chi connectivity index (χ2v) is 12.8. The number of carbonyl (C=O) groups is 1. The first kappa shape index (κ1) is 34.8. The van der Waals surface area contributed by atoms with Gasteiger partial charge in [0, 0.05) is 18.4 Å². The Morgan fingerprint density at radius 3 is 2.47 bits per heavy atom. The van der Waals surface area contributed by atoms with Gasteiger partial charge >= 0.3 is 0 Å². The molecule has 0 amide bonds. The van der Waals surface area contributed by atoms with Crippen LogP contribution in [0.25, 0.3) is 0 Å². The first-order chi connectivity index (χ1) is 18.0. The summed E-state index contributed by atoms with van der Waals surface area (Å²) in [6.07, 6.45) is 22.5. The van der Waals surface area contributed by atoms with Crippen LogP contribution in [0.3, 0.4) is 0 Å². The van der Waals surface area contributed by atoms with Gasteiger partial charge in [-0.05, 0) is 103 Å². The molecule has 3 nitrogen and oxygen atoms in total. The lowest BCUT2D eigenvalue weighted by atomic mass is 9.83. The number of ether oxygens (including phenoxy) is 1. The molecule has 0 saturated heterocycles. The highest BCUT2D eigenvalue weighted by molar-refractivity contribution is 5.77. The summed E-state index contributed by atoms with van der Waals surface area (Å²) in [6.45, 7) is 17.9. The minimum Gasteiger partial charge on any atom is -0.390 e. The Balaban J connectivity index is 2.34. The third kappa shape index (κ3) is 14.8. The number of aliphatic hydroxyl groups is 1. The fourth-order valence-electron chi connectivity index (χ4n) is 5.40. The van der Waals surface area contributed by atoms with E-state index in [4.69, 9.17) is 4.74 Å². The number of ketones is 1. The third-order valence-corrected chi connectivity index (χ3v) is 8.81. The molecule has 1 aliphatic carbocycles. The van der Waals surface area contributed by atoms with Gasteiger partial charge in [-0.2, -0.15) is 0 Å². The maximum Gasteiger partial charge on any atom is 0.132 e. The molecule has 1 rings (SSSR count). The molecule has 0 aromatic rings. The third-order valence-electron chi connectivity index (χ3n) is 8.81. The molecule has 38 heavy (non-hydrogen) atoms. The van der Waals surface area contributed by atoms with Crippen LogP contribution in [0.5, 0.6) is 0 Å². The van der Waals surface area contributed by atoms with Gasteiger partial charge in [-0.1, -0.05) is 82.8 Å². The monoisotopic (exact) mass is 530 g/mol. The van der Waals surface area contributed by atoms with Crippen LogP contribution >= 0.6 is 0 Å². The molecule has 1 aliphatic rings. The largest absolute Gasteiger partial charge is 0.390 e. The highest BCUT2D eigenvalue weighted by Gasteiger charge is 2.26. The number of unbranched alkanes of at least 4 members (excludes halogenated alkanes) is 3. The fraction of sp³-hybridized carbons (Fsp3) is 0.800. The van der Waals surface area contributed by atoms with E-state index in [0.717, 1.165) is 51.6 Å². The van der Waals surface area contributed by atoms with Crippen molar-refractivity contribution in [3.05, 3.63) is 34.9 Å². The van der Waals surface area contributed by atoms with E-state index in [1.807, 2.05) is 13.8 Å². The zero-order valence-corrected chi connectivity index (χ0v) is 26.4. The van der Waals surface area contributed by atoms with E-state index in [0.29, 0.717) is 11.8 Å². The summed E-state index contributed by atoms with van der Waals surface area (Å²) in [5.41, 5.74) is 3.73. The lowest BCUT2D eigenvalue weighted by Crippen LogP contribution is -2.28. The van der Waals surface area contributed by atoms with Crippen LogP contribution in [-0.4, -0.2) is 29.2 Å². The van der Waals surface area contributed by atoms with Gasteiger partial charge in [-0.3, -0.25) is 4.79 Å². The zero-order chi connectivity index (χ0) is 28.6. The molecule has 220 valence electrons. The number of allylic oxidation sites excluding steroid dienone is 4. The Hall–Kier alpha value is -1.19. The minimum atomic E-state index is -0.641. The number of hydrogen-bond acceptors (Lipinski definition) is 3. The van der Waals surface area contributed by atoms with Gasteiger partial charge in [-0.25, -0.2) is 0 Å². The van der Waals surface area contributed by atoms with E-state index in [-0.39, 0.29) is 17.8 Å². The molecule has 0 fully saturated rings. The van der Waals surface area contributed by atoms with Gasteiger partial charge in [-0.15, -0.1) is 0 Å². The van der Waals surface area contributed by atoms with E-state index in [1.165, 1.54) is 61.7 Å². The van der Waals surface area contributed by atoms with Crippen molar-refractivity contribution in [2.75, 3.05) is 6.61 Å². The summed E-state index contributed by atoms with van der Waals surface area (Å²) in [5.74, 6) is 1.55. The van der Waals surface area contributed by atoms with Crippen LogP contribution in [0.2, 0.25) is 0 Å². The summed E-state index contributed by atoms with van der Waals surface area (Å²) in [6, 6.07) is 0. The Morgan fingerprint density at radius 1 is 1.05 bits per heavy atom. The second-order valence-electron chi connectivity index (χ2n) is 12.8. The molecule has 0 aromatic carbocycles. The lowest BCUT2D eigenvalue weighted by molar-refractivity contribution is -0.120. The number of carbonyl (C=O) groups excluding carboxylic acids is 1. The van der Waals surface area contributed by atoms with Gasteiger partial charge in [0.1, 0.15) is 5.78 Å². The summed E-state index contributed by atoms with van der Waals surface area (Å²) >= 11 is 0. The molecule has 0 heterocycles. The molecule has 0 radical (unpaired) electrons. The van der Waals surface area contributed by atoms with Crippen molar-refractivity contribution in [2.24, 2.45) is 17.8 Å². The van der Waals surface area contributed by atoms with Gasteiger partial charge in [0.25, 0.3) is 0 Å². The molecule has 1 N–H and O–H groups in total. The van der Waals surface area contributed by atoms with Crippen molar-refractivity contribution in [1.82, 2.24) is 0 Å². The Bertz CT molecular complexity index is 757. The Labute approximate surface area is 236 Å². The maximum atomic E-state index is 11.4. The zero-order valence-electron chi connectivity index (χ0n) is 26.4. The lowest BCUT2D eigenvalue weighted by Gasteiger charge is -2.31. The van der Waals surface area contributed by atoms with Gasteiger partial charge in [0.2, 0.25) is 0 Å². The van der Waals surface area contributed by atoms with Gasteiger partial charge in [0.05, 0.1) is 11.7 Å². The van der Waals surface area contributed by atoms with Crippen LogP contribution in [0.15, 0.2) is 34.9 Å². The molecule has 0 aliphatic heterocycles. The van der Waals surface area contributed by atoms with Crippen LogP contribution < -0.4 is 0 Å². The number of Topliss-reactive ketones (excluding diaryl/α,β-unsaturated/α-hetero) is 1. The highest BCUT2D eigenvalue weighted by Crippen LogP contribution is 2.32. The molecule has 0 aromatic heterocycles. The van der Waals surface area contributed by atoms with Crippen molar-refractivity contribution in [3.63, 3.8) is 0 Å². The number of hydrogen-bond donors (Lipinski definition) is 1. The smallest absolute Gasteiger partial charge is 0.132 e. The van der Waals surface area contributed by atoms with Crippen LogP contribution in [0.4, 0.5) is 0 Å². The summed E-state index contributed by atoms with van der Waals surface area (Å²) in [5, 5.41) is 10.7. The standard InChI is InChI=1S/C35H62O3/c1-9-10-11-12-26-38-34-31(6)29(4)21-23-33(34)22-20-28(3)17-13-16-27(2)18-14-24-35(8,37)25-15-19-30(5)32(7)36/h18,21,23,28,30-31,34,37H,9-17,19-20,22,24-26H2,1-8H3/b27-18+. The van der Waals surface area contributed by atoms with Crippen molar-refractivity contribution < 1.29 is 14.6 Å². The summed E-state index contributed by atoms with van der Waals surface area (Å²) in [7, 11) is 0. The van der Waals surface area contributed by atoms with E-state index in [2.05, 4.69) is 52.8 Å². The average molecular weight is 531 g/mol. The Kier molecular flexibility index (Phi) is 17.4. The molecule has 5 atom stereocenters. The van der Waals surface area contributed by atoms with E-state index >= 15 is 0 Å². The highest BCUT2D eigenvalue weighted by atomic mass is 16.5. The first-order valence-corrected chi connectivity index (χ1v) is 15.8. The van der Waals surface area contributed by atoms with Crippen molar-refractivity contribution in [1.29, 1.82) is 0 Å². The quantitative estimate of drug-likeness (QED) is 0.119. The van der Waals surface area contributed by atoms with Gasteiger partial charge in [0.15, 0.2) is 0 Å². The Morgan fingerprint density at radius 2 is 1.79 bits per heavy atom. The molecule has 0 spiro atoms. The van der Waals surface area contributed by atoms with Crippen LogP contribution in [-0.2, 0) is 9.53 Å². The molecular weight excluding hydrogens is 468 g/mol. The van der Waals surface area contributed by atoms with Crippen molar-refractivity contribution in [2.45, 2.75) is 157 Å². The number of rotatable bonds is 21. The SMILES string of the molecule is CCCCCCOC1C(CCC(C)CCC/C(C)=C/CCC(C)(O)CCCC(C)C(C)=O)=CC=C(C)C1C. The predicted octanol–water partition coefficient (Wildman–Crippen LogP) is 9.93. The maximum absolute atomic E-state index is 11.4. The minimum absolute atomic E-state index is 0.106. The normalized spacial score (nSPS) is 21.4. The summed E-state index contributed by atoms with van der Waals surface area (Å²) < 4.78 is 6.42. The van der Waals surface area contributed by atoms with Crippen molar-refractivity contribution >= 4 is 5.78 Å². The molecular formula is C35H62O3. The molecule has 0 saturated carbocycles. The van der Waals surface area contributed by atoms with E-state index < -0.39 is 5.60 Å².